The molecule has 1 saturated heterocycles. The third kappa shape index (κ3) is 4.90. The Morgan fingerprint density at radius 2 is 1.96 bits per heavy atom. The maximum Gasteiger partial charge on any atom is 0.293 e. The van der Waals surface area contributed by atoms with Crippen molar-refractivity contribution in [2.75, 3.05) is 45.1 Å². The molecule has 0 bridgehead atoms. The molecule has 0 unspecified atom stereocenters. The quantitative estimate of drug-likeness (QED) is 0.569. The summed E-state index contributed by atoms with van der Waals surface area (Å²) in [5, 5.41) is 14.5. The van der Waals surface area contributed by atoms with Crippen LogP contribution in [0.2, 0.25) is 0 Å². The topological polar surface area (TPSA) is 105 Å². The number of anilines is 1. The molecule has 1 aliphatic heterocycles. The molecule has 8 heteroatoms. The Hall–Kier alpha value is -2.19. The first-order valence-electron chi connectivity index (χ1n) is 8.54. The highest BCUT2D eigenvalue weighted by atomic mass is 16.6. The number of carbonyl (C=O) groups excluding carboxylic acids is 1. The van der Waals surface area contributed by atoms with Crippen molar-refractivity contribution in [3.63, 3.8) is 0 Å². The van der Waals surface area contributed by atoms with Gasteiger partial charge in [0.15, 0.2) is 0 Å². The van der Waals surface area contributed by atoms with Crippen LogP contribution in [0.25, 0.3) is 0 Å². The van der Waals surface area contributed by atoms with E-state index in [9.17, 15) is 14.9 Å². The van der Waals surface area contributed by atoms with Crippen molar-refractivity contribution < 1.29 is 9.72 Å². The van der Waals surface area contributed by atoms with Crippen molar-refractivity contribution in [2.24, 2.45) is 11.7 Å². The fourth-order valence-electron chi connectivity index (χ4n) is 3.14. The molecular weight excluding hydrogens is 322 g/mol. The van der Waals surface area contributed by atoms with Gasteiger partial charge in [0.05, 0.1) is 4.92 Å². The Morgan fingerprint density at radius 1 is 1.32 bits per heavy atom. The van der Waals surface area contributed by atoms with Gasteiger partial charge in [-0.1, -0.05) is 13.8 Å². The molecule has 2 rings (SSSR count). The van der Waals surface area contributed by atoms with E-state index in [1.165, 1.54) is 12.1 Å². The number of nitrogens with two attached hydrogens (primary N) is 1. The first-order valence-corrected chi connectivity index (χ1v) is 8.54. The normalized spacial score (nSPS) is 17.4. The van der Waals surface area contributed by atoms with Gasteiger partial charge in [-0.2, -0.15) is 0 Å². The molecule has 0 radical (unpaired) electrons. The molecule has 138 valence electrons. The maximum absolute atomic E-state index is 11.3. The highest BCUT2D eigenvalue weighted by molar-refractivity contribution is 5.94. The van der Waals surface area contributed by atoms with Crippen LogP contribution in [0.1, 0.15) is 24.2 Å². The standard InChI is InChI=1S/C17H27N5O3/c1-12(2)16(21-8-6-20(3)7-9-21)11-19-14-5-4-13(17(18)23)10-15(14)22(24)25/h4-5,10,12,16,19H,6-9,11H2,1-3H3,(H2,18,23)/t16-/m0/s1. The number of piperazine rings is 1. The van der Waals surface area contributed by atoms with Crippen LogP contribution in [0, 0.1) is 16.0 Å². The Morgan fingerprint density at radius 3 is 2.48 bits per heavy atom. The summed E-state index contributed by atoms with van der Waals surface area (Å²) in [4.78, 5) is 26.8. The first kappa shape index (κ1) is 19.1. The molecule has 1 heterocycles. The van der Waals surface area contributed by atoms with Crippen LogP contribution in [0.4, 0.5) is 11.4 Å². The molecule has 1 atom stereocenters. The van der Waals surface area contributed by atoms with E-state index < -0.39 is 10.8 Å². The van der Waals surface area contributed by atoms with Gasteiger partial charge < -0.3 is 16.0 Å². The molecule has 8 nitrogen and oxygen atoms in total. The van der Waals surface area contributed by atoms with Gasteiger partial charge in [0, 0.05) is 50.4 Å². The summed E-state index contributed by atoms with van der Waals surface area (Å²) in [5.74, 6) is -0.257. The summed E-state index contributed by atoms with van der Waals surface area (Å²) in [7, 11) is 2.11. The van der Waals surface area contributed by atoms with Crippen LogP contribution in [-0.2, 0) is 0 Å². The van der Waals surface area contributed by atoms with E-state index in [0.717, 1.165) is 26.2 Å². The highest BCUT2D eigenvalue weighted by Gasteiger charge is 2.26. The number of nitro benzene ring substituents is 1. The van der Waals surface area contributed by atoms with Crippen LogP contribution >= 0.6 is 0 Å². The molecule has 0 aromatic heterocycles. The summed E-state index contributed by atoms with van der Waals surface area (Å²) in [6.45, 7) is 8.96. The van der Waals surface area contributed by atoms with Crippen molar-refractivity contribution in [3.8, 4) is 0 Å². The number of rotatable bonds is 7. The van der Waals surface area contributed by atoms with Crippen LogP contribution in [0.5, 0.6) is 0 Å². The average Bonchev–Trinajstić information content (AvgIpc) is 2.56. The van der Waals surface area contributed by atoms with Crippen molar-refractivity contribution in [3.05, 3.63) is 33.9 Å². The van der Waals surface area contributed by atoms with Gasteiger partial charge in [-0.15, -0.1) is 0 Å². The van der Waals surface area contributed by atoms with E-state index in [2.05, 4.69) is 36.0 Å². The fourth-order valence-corrected chi connectivity index (χ4v) is 3.14. The molecule has 0 spiro atoms. The predicted octanol–water partition coefficient (Wildman–Crippen LogP) is 1.38. The van der Waals surface area contributed by atoms with Crippen LogP contribution in [0.15, 0.2) is 18.2 Å². The molecule has 3 N–H and O–H groups in total. The van der Waals surface area contributed by atoms with Gasteiger partial charge in [-0.05, 0) is 25.1 Å². The molecule has 25 heavy (non-hydrogen) atoms. The SMILES string of the molecule is CC(C)[C@H](CNc1ccc(C(N)=O)cc1[N+](=O)[O-])N1CCN(C)CC1. The lowest BCUT2D eigenvalue weighted by Gasteiger charge is -2.40. The van der Waals surface area contributed by atoms with Crippen LogP contribution in [-0.4, -0.2) is 66.4 Å². The number of hydrogen-bond acceptors (Lipinski definition) is 6. The zero-order valence-corrected chi connectivity index (χ0v) is 15.1. The largest absolute Gasteiger partial charge is 0.378 e. The predicted molar refractivity (Wildman–Crippen MR) is 97.8 cm³/mol. The summed E-state index contributed by atoms with van der Waals surface area (Å²) in [6, 6.07) is 4.58. The number of nitrogens with zero attached hydrogens (tertiary/aromatic N) is 3. The van der Waals surface area contributed by atoms with Gasteiger partial charge in [0.1, 0.15) is 5.69 Å². The van der Waals surface area contributed by atoms with E-state index in [1.807, 2.05) is 0 Å². The van der Waals surface area contributed by atoms with E-state index in [0.29, 0.717) is 18.2 Å². The molecular formula is C17H27N5O3. The molecule has 1 amide bonds. The minimum Gasteiger partial charge on any atom is -0.378 e. The third-order valence-corrected chi connectivity index (χ3v) is 4.76. The number of benzene rings is 1. The average molecular weight is 349 g/mol. The second-order valence-corrected chi connectivity index (χ2v) is 6.88. The van der Waals surface area contributed by atoms with E-state index >= 15 is 0 Å². The highest BCUT2D eigenvalue weighted by Crippen LogP contribution is 2.26. The molecule has 1 aliphatic rings. The van der Waals surface area contributed by atoms with Gasteiger partial charge in [0.2, 0.25) is 5.91 Å². The van der Waals surface area contributed by atoms with Crippen molar-refractivity contribution in [1.29, 1.82) is 0 Å². The summed E-state index contributed by atoms with van der Waals surface area (Å²) in [5.41, 5.74) is 5.63. The molecule has 1 fully saturated rings. The fraction of sp³-hybridized carbons (Fsp3) is 0.588. The zero-order valence-electron chi connectivity index (χ0n) is 15.1. The lowest BCUT2D eigenvalue weighted by atomic mass is 10.0. The van der Waals surface area contributed by atoms with E-state index in [-0.39, 0.29) is 17.3 Å². The lowest BCUT2D eigenvalue weighted by molar-refractivity contribution is -0.384. The maximum atomic E-state index is 11.3. The number of primary amides is 1. The molecule has 0 aliphatic carbocycles. The van der Waals surface area contributed by atoms with Crippen LogP contribution < -0.4 is 11.1 Å². The Balaban J connectivity index is 2.12. The number of hydrogen-bond donors (Lipinski definition) is 2. The number of nitro groups is 1. The summed E-state index contributed by atoms with van der Waals surface area (Å²) in [6.07, 6.45) is 0. The smallest absolute Gasteiger partial charge is 0.293 e. The van der Waals surface area contributed by atoms with Crippen molar-refractivity contribution in [2.45, 2.75) is 19.9 Å². The molecule has 1 aromatic rings. The molecule has 1 aromatic carbocycles. The summed E-state index contributed by atoms with van der Waals surface area (Å²) >= 11 is 0. The number of amides is 1. The van der Waals surface area contributed by atoms with E-state index in [1.54, 1.807) is 6.07 Å². The van der Waals surface area contributed by atoms with Gasteiger partial charge in [-0.25, -0.2) is 0 Å². The van der Waals surface area contributed by atoms with Gasteiger partial charge in [-0.3, -0.25) is 19.8 Å². The number of nitrogens with one attached hydrogen (secondary N) is 1. The minimum atomic E-state index is -0.674. The van der Waals surface area contributed by atoms with Crippen molar-refractivity contribution >= 4 is 17.3 Å². The molecule has 0 saturated carbocycles. The second kappa shape index (κ2) is 8.26. The lowest BCUT2D eigenvalue weighted by Crippen LogP contribution is -2.52. The van der Waals surface area contributed by atoms with Crippen LogP contribution in [0.3, 0.4) is 0 Å². The Labute approximate surface area is 148 Å². The van der Waals surface area contributed by atoms with Gasteiger partial charge >= 0.3 is 0 Å². The number of carbonyl (C=O) groups is 1. The minimum absolute atomic E-state index is 0.128. The van der Waals surface area contributed by atoms with Crippen molar-refractivity contribution in [1.82, 2.24) is 9.80 Å². The first-order chi connectivity index (χ1) is 11.8. The third-order valence-electron chi connectivity index (χ3n) is 4.76. The summed E-state index contributed by atoms with van der Waals surface area (Å²) < 4.78 is 0. The zero-order chi connectivity index (χ0) is 18.6. The Bertz CT molecular complexity index is 627. The second-order valence-electron chi connectivity index (χ2n) is 6.88. The van der Waals surface area contributed by atoms with Gasteiger partial charge in [0.25, 0.3) is 5.69 Å². The Kier molecular flexibility index (Phi) is 6.33. The number of likely N-dealkylation sites (N-methyl/N-ethyl adjacent to an activating group) is 1. The monoisotopic (exact) mass is 349 g/mol. The van der Waals surface area contributed by atoms with E-state index in [4.69, 9.17) is 5.73 Å².